The van der Waals surface area contributed by atoms with E-state index in [9.17, 15) is 18.0 Å². The van der Waals surface area contributed by atoms with Gasteiger partial charge >= 0.3 is 6.18 Å². The third-order valence-corrected chi connectivity index (χ3v) is 3.14. The lowest BCUT2D eigenvalue weighted by Gasteiger charge is -2.26. The van der Waals surface area contributed by atoms with Crippen molar-refractivity contribution in [2.45, 2.75) is 26.4 Å². The number of hydrogen-bond acceptors (Lipinski definition) is 3. The highest BCUT2D eigenvalue weighted by molar-refractivity contribution is 5.79. The Morgan fingerprint density at radius 1 is 1.22 bits per heavy atom. The number of hydrogen-bond donors (Lipinski definition) is 0. The molecule has 0 bridgehead atoms. The molecule has 7 heteroatoms. The van der Waals surface area contributed by atoms with Crippen LogP contribution >= 0.6 is 0 Å². The first-order valence-electron chi connectivity index (χ1n) is 7.21. The molecule has 1 rings (SSSR count). The summed E-state index contributed by atoms with van der Waals surface area (Å²) in [7, 11) is 2.92. The van der Waals surface area contributed by atoms with Crippen LogP contribution in [0.15, 0.2) is 18.2 Å². The van der Waals surface area contributed by atoms with Gasteiger partial charge in [0.1, 0.15) is 18.0 Å². The molecule has 4 nitrogen and oxygen atoms in total. The van der Waals surface area contributed by atoms with Crippen LogP contribution < -0.4 is 9.47 Å². The number of halogens is 3. The molecule has 0 atom stereocenters. The van der Waals surface area contributed by atoms with Gasteiger partial charge in [0.2, 0.25) is 5.91 Å². The van der Waals surface area contributed by atoms with Crippen molar-refractivity contribution in [2.75, 3.05) is 27.3 Å². The van der Waals surface area contributed by atoms with E-state index in [1.54, 1.807) is 32.0 Å². The second-order valence-corrected chi connectivity index (χ2v) is 5.64. The van der Waals surface area contributed by atoms with Gasteiger partial charge in [-0.25, -0.2) is 0 Å². The van der Waals surface area contributed by atoms with E-state index in [0.29, 0.717) is 17.1 Å². The van der Waals surface area contributed by atoms with Crippen LogP contribution in [0.25, 0.3) is 0 Å². The van der Waals surface area contributed by atoms with Gasteiger partial charge in [-0.2, -0.15) is 13.2 Å². The molecule has 0 aliphatic rings. The summed E-state index contributed by atoms with van der Waals surface area (Å²) in [6, 6.07) is 4.88. The zero-order valence-corrected chi connectivity index (χ0v) is 13.7. The van der Waals surface area contributed by atoms with Crippen LogP contribution in [-0.4, -0.2) is 44.3 Å². The third kappa shape index (κ3) is 6.38. The third-order valence-electron chi connectivity index (χ3n) is 3.14. The Hall–Kier alpha value is -1.92. The van der Waals surface area contributed by atoms with Gasteiger partial charge in [-0.3, -0.25) is 4.79 Å². The number of ether oxygens (including phenoxy) is 2. The van der Waals surface area contributed by atoms with E-state index in [-0.39, 0.29) is 18.9 Å². The highest BCUT2D eigenvalue weighted by atomic mass is 19.4. The van der Waals surface area contributed by atoms with Gasteiger partial charge in [0.15, 0.2) is 0 Å². The van der Waals surface area contributed by atoms with E-state index in [1.807, 2.05) is 0 Å². The van der Waals surface area contributed by atoms with Gasteiger partial charge in [0.25, 0.3) is 0 Å². The fourth-order valence-electron chi connectivity index (χ4n) is 2.21. The van der Waals surface area contributed by atoms with Crippen LogP contribution in [0.1, 0.15) is 19.4 Å². The summed E-state index contributed by atoms with van der Waals surface area (Å²) in [5.74, 6) is 0.298. The number of amides is 1. The maximum absolute atomic E-state index is 12.7. The largest absolute Gasteiger partial charge is 0.497 e. The molecule has 0 radical (unpaired) electrons. The van der Waals surface area contributed by atoms with Gasteiger partial charge in [0, 0.05) is 12.1 Å². The summed E-state index contributed by atoms with van der Waals surface area (Å²) in [6.45, 7) is 2.33. The topological polar surface area (TPSA) is 38.8 Å². The SMILES string of the molecule is COc1ccc(OC)c(CC(=O)N(CC(C)C)CC(F)(F)F)c1. The van der Waals surface area contributed by atoms with Crippen molar-refractivity contribution in [3.05, 3.63) is 23.8 Å². The Kier molecular flexibility index (Phi) is 6.72. The lowest BCUT2D eigenvalue weighted by Crippen LogP contribution is -2.41. The second kappa shape index (κ2) is 8.08. The van der Waals surface area contributed by atoms with Crippen molar-refractivity contribution in [2.24, 2.45) is 5.92 Å². The monoisotopic (exact) mass is 333 g/mol. The Labute approximate surface area is 134 Å². The number of carbonyl (C=O) groups excluding carboxylic acids is 1. The predicted molar refractivity (Wildman–Crippen MR) is 80.7 cm³/mol. The Morgan fingerprint density at radius 2 is 1.87 bits per heavy atom. The molecule has 0 saturated carbocycles. The highest BCUT2D eigenvalue weighted by Gasteiger charge is 2.33. The fourth-order valence-corrected chi connectivity index (χ4v) is 2.21. The molecule has 0 spiro atoms. The second-order valence-electron chi connectivity index (χ2n) is 5.64. The van der Waals surface area contributed by atoms with Gasteiger partial charge < -0.3 is 14.4 Å². The number of carbonyl (C=O) groups is 1. The van der Waals surface area contributed by atoms with Crippen LogP contribution in [0.4, 0.5) is 13.2 Å². The minimum atomic E-state index is -4.43. The summed E-state index contributed by atoms with van der Waals surface area (Å²) in [5.41, 5.74) is 0.493. The fraction of sp³-hybridized carbons (Fsp3) is 0.562. The molecule has 0 aromatic heterocycles. The number of nitrogens with zero attached hydrogens (tertiary/aromatic N) is 1. The summed E-state index contributed by atoms with van der Waals surface area (Å²) >= 11 is 0. The van der Waals surface area contributed by atoms with Gasteiger partial charge in [0.05, 0.1) is 20.6 Å². The summed E-state index contributed by atoms with van der Waals surface area (Å²) in [5, 5.41) is 0. The van der Waals surface area contributed by atoms with Gasteiger partial charge in [-0.15, -0.1) is 0 Å². The summed E-state index contributed by atoms with van der Waals surface area (Å²) in [4.78, 5) is 13.2. The Bertz CT molecular complexity index is 530. The lowest BCUT2D eigenvalue weighted by atomic mass is 10.1. The first kappa shape index (κ1) is 19.1. The van der Waals surface area contributed by atoms with Crippen molar-refractivity contribution in [3.63, 3.8) is 0 Å². The minimum Gasteiger partial charge on any atom is -0.497 e. The van der Waals surface area contributed by atoms with Crippen molar-refractivity contribution in [1.82, 2.24) is 4.90 Å². The van der Waals surface area contributed by atoms with E-state index >= 15 is 0 Å². The van der Waals surface area contributed by atoms with Crippen molar-refractivity contribution in [1.29, 1.82) is 0 Å². The molecule has 1 amide bonds. The molecule has 1 aromatic carbocycles. The molecule has 0 unspecified atom stereocenters. The van der Waals surface area contributed by atoms with Crippen molar-refractivity contribution in [3.8, 4) is 11.5 Å². The first-order chi connectivity index (χ1) is 10.7. The summed E-state index contributed by atoms with van der Waals surface area (Å²) in [6.07, 6.45) is -4.60. The highest BCUT2D eigenvalue weighted by Crippen LogP contribution is 2.25. The number of rotatable bonds is 7. The first-order valence-corrected chi connectivity index (χ1v) is 7.21. The molecule has 0 aliphatic heterocycles. The standard InChI is InChI=1S/C16H22F3NO3/c1-11(2)9-20(10-16(17,18)19)15(21)8-12-7-13(22-3)5-6-14(12)23-4/h5-7,11H,8-10H2,1-4H3. The Balaban J connectivity index is 2.97. The molecule has 0 fully saturated rings. The predicted octanol–water partition coefficient (Wildman–Crippen LogP) is 3.29. The van der Waals surface area contributed by atoms with Gasteiger partial charge in [-0.05, 0) is 24.1 Å². The quantitative estimate of drug-likeness (QED) is 0.768. The molecular weight excluding hydrogens is 311 g/mol. The molecule has 0 aliphatic carbocycles. The smallest absolute Gasteiger partial charge is 0.406 e. The van der Waals surface area contributed by atoms with E-state index in [2.05, 4.69) is 0 Å². The zero-order valence-electron chi connectivity index (χ0n) is 13.7. The van der Waals surface area contributed by atoms with E-state index in [1.165, 1.54) is 14.2 Å². The summed E-state index contributed by atoms with van der Waals surface area (Å²) < 4.78 is 48.3. The minimum absolute atomic E-state index is 0.0463. The van der Waals surface area contributed by atoms with E-state index in [4.69, 9.17) is 9.47 Å². The molecule has 0 saturated heterocycles. The van der Waals surface area contributed by atoms with Gasteiger partial charge in [-0.1, -0.05) is 13.8 Å². The van der Waals surface area contributed by atoms with Crippen LogP contribution in [-0.2, 0) is 11.2 Å². The molecular formula is C16H22F3NO3. The van der Waals surface area contributed by atoms with Crippen LogP contribution in [0.3, 0.4) is 0 Å². The maximum atomic E-state index is 12.7. The molecule has 1 aromatic rings. The molecule has 0 heterocycles. The average Bonchev–Trinajstić information content (AvgIpc) is 2.44. The average molecular weight is 333 g/mol. The molecule has 23 heavy (non-hydrogen) atoms. The normalized spacial score (nSPS) is 11.5. The number of benzene rings is 1. The van der Waals surface area contributed by atoms with Crippen LogP contribution in [0.2, 0.25) is 0 Å². The maximum Gasteiger partial charge on any atom is 0.406 e. The number of methoxy groups -OCH3 is 2. The molecule has 130 valence electrons. The van der Waals surface area contributed by atoms with Crippen molar-refractivity contribution < 1.29 is 27.4 Å². The van der Waals surface area contributed by atoms with Crippen LogP contribution in [0.5, 0.6) is 11.5 Å². The lowest BCUT2D eigenvalue weighted by molar-refractivity contribution is -0.161. The van der Waals surface area contributed by atoms with E-state index < -0.39 is 18.6 Å². The number of alkyl halides is 3. The van der Waals surface area contributed by atoms with E-state index in [0.717, 1.165) is 4.90 Å². The Morgan fingerprint density at radius 3 is 2.35 bits per heavy atom. The molecule has 0 N–H and O–H groups in total. The van der Waals surface area contributed by atoms with Crippen LogP contribution in [0, 0.1) is 5.92 Å². The van der Waals surface area contributed by atoms with Crippen molar-refractivity contribution >= 4 is 5.91 Å². The zero-order chi connectivity index (χ0) is 17.6.